The van der Waals surface area contributed by atoms with Crippen molar-refractivity contribution in [2.75, 3.05) is 25.9 Å². The van der Waals surface area contributed by atoms with Gasteiger partial charge in [0.1, 0.15) is 6.16 Å². The molecule has 2 N–H and O–H groups in total. The number of ketones is 1. The highest BCUT2D eigenvalue weighted by Crippen LogP contribution is 2.47. The Bertz CT molecular complexity index is 472. The predicted molar refractivity (Wildman–Crippen MR) is 75.4 cm³/mol. The number of Topliss-reactive ketones (excluding diaryl/α,β-unsaturated/α-hetero) is 1. The summed E-state index contributed by atoms with van der Waals surface area (Å²) in [6.07, 6.45) is -1.19. The fourth-order valence-corrected chi connectivity index (χ4v) is 3.60. The fraction of sp³-hybridized carbons (Fsp3) is 0.750. The Kier molecular flexibility index (Phi) is 7.15. The number of hydroxylamine groups is 2. The van der Waals surface area contributed by atoms with Crippen molar-refractivity contribution in [3.63, 3.8) is 0 Å². The molecule has 22 heavy (non-hydrogen) atoms. The van der Waals surface area contributed by atoms with Gasteiger partial charge in [-0.15, -0.1) is 0 Å². The van der Waals surface area contributed by atoms with Crippen LogP contribution in [-0.2, 0) is 28.0 Å². The van der Waals surface area contributed by atoms with Gasteiger partial charge in [0.15, 0.2) is 5.78 Å². The second-order valence-corrected chi connectivity index (χ2v) is 6.77. The minimum atomic E-state index is -3.57. The number of hydrogen-bond donors (Lipinski definition) is 2. The van der Waals surface area contributed by atoms with Gasteiger partial charge in [0.05, 0.1) is 32.1 Å². The van der Waals surface area contributed by atoms with Crippen LogP contribution >= 0.6 is 7.60 Å². The Balaban J connectivity index is 2.54. The highest BCUT2D eigenvalue weighted by atomic mass is 31.2. The summed E-state index contributed by atoms with van der Waals surface area (Å²) in [7, 11) is -3.57. The van der Waals surface area contributed by atoms with Crippen molar-refractivity contribution >= 4 is 25.2 Å². The first-order chi connectivity index (χ1) is 10.3. The topological polar surface area (TPSA) is 122 Å². The Morgan fingerprint density at radius 3 is 2.41 bits per heavy atom. The second kappa shape index (κ2) is 8.38. The minimum Gasteiger partial charge on any atom is -0.354 e. The van der Waals surface area contributed by atoms with Crippen LogP contribution in [-0.4, -0.2) is 59.8 Å². The van der Waals surface area contributed by atoms with Crippen LogP contribution in [0.2, 0.25) is 0 Å². The lowest BCUT2D eigenvalue weighted by atomic mass is 10.2. The molecule has 2 amide bonds. The third-order valence-corrected chi connectivity index (χ3v) is 4.97. The van der Waals surface area contributed by atoms with E-state index in [-0.39, 0.29) is 32.1 Å². The summed E-state index contributed by atoms with van der Waals surface area (Å²) < 4.78 is 22.1. The Labute approximate surface area is 128 Å². The van der Waals surface area contributed by atoms with Crippen molar-refractivity contribution in [1.82, 2.24) is 10.4 Å². The standard InChI is InChI=1S/C12H21N2O7P/c1-3-20-22(19,21-4-2)8-10(15)6-12(17)14(18)9-5-11(16)13-7-9/h9,18H,3-8H2,1-2H3,(H,13,16). The molecular weight excluding hydrogens is 315 g/mol. The van der Waals surface area contributed by atoms with Crippen molar-refractivity contribution in [1.29, 1.82) is 0 Å². The van der Waals surface area contributed by atoms with Gasteiger partial charge >= 0.3 is 7.60 Å². The molecule has 1 aliphatic rings. The molecule has 9 nitrogen and oxygen atoms in total. The highest BCUT2D eigenvalue weighted by Gasteiger charge is 2.33. The van der Waals surface area contributed by atoms with Crippen LogP contribution in [0.25, 0.3) is 0 Å². The lowest BCUT2D eigenvalue weighted by Gasteiger charge is -2.21. The van der Waals surface area contributed by atoms with E-state index >= 15 is 0 Å². The van der Waals surface area contributed by atoms with E-state index in [0.29, 0.717) is 5.06 Å². The zero-order valence-electron chi connectivity index (χ0n) is 12.6. The number of nitrogens with zero attached hydrogens (tertiary/aromatic N) is 1. The molecule has 0 radical (unpaired) electrons. The van der Waals surface area contributed by atoms with Crippen molar-refractivity contribution in [3.05, 3.63) is 0 Å². The molecule has 1 atom stereocenters. The lowest BCUT2D eigenvalue weighted by Crippen LogP contribution is -2.40. The maximum atomic E-state index is 12.2. The van der Waals surface area contributed by atoms with Crippen LogP contribution in [0.3, 0.4) is 0 Å². The SMILES string of the molecule is CCOP(=O)(CC(=O)CC(=O)N(O)C1CNC(=O)C1)OCC. The molecule has 1 aliphatic heterocycles. The van der Waals surface area contributed by atoms with Gasteiger partial charge in [-0.25, -0.2) is 5.06 Å². The van der Waals surface area contributed by atoms with Gasteiger partial charge in [0.2, 0.25) is 5.91 Å². The number of rotatable bonds is 9. The molecule has 10 heteroatoms. The number of amides is 2. The van der Waals surface area contributed by atoms with Crippen LogP contribution < -0.4 is 5.32 Å². The van der Waals surface area contributed by atoms with E-state index in [1.165, 1.54) is 0 Å². The molecule has 1 heterocycles. The molecule has 1 fully saturated rings. The van der Waals surface area contributed by atoms with Crippen LogP contribution in [0.15, 0.2) is 0 Å². The van der Waals surface area contributed by atoms with Gasteiger partial charge in [-0.1, -0.05) is 0 Å². The van der Waals surface area contributed by atoms with Gasteiger partial charge < -0.3 is 14.4 Å². The third kappa shape index (κ3) is 5.49. The third-order valence-electron chi connectivity index (χ3n) is 2.93. The summed E-state index contributed by atoms with van der Waals surface area (Å²) in [6.45, 7) is 3.58. The molecular formula is C12H21N2O7P. The predicted octanol–water partition coefficient (Wildman–Crippen LogP) is 0.318. The van der Waals surface area contributed by atoms with Gasteiger partial charge in [-0.2, -0.15) is 0 Å². The largest absolute Gasteiger partial charge is 0.354 e. The molecule has 0 aromatic heterocycles. The first-order valence-corrected chi connectivity index (χ1v) is 8.71. The van der Waals surface area contributed by atoms with Crippen LogP contribution in [0.4, 0.5) is 0 Å². The molecule has 0 aromatic rings. The lowest BCUT2D eigenvalue weighted by molar-refractivity contribution is -0.174. The number of hydrogen-bond acceptors (Lipinski definition) is 7. The maximum Gasteiger partial charge on any atom is 0.338 e. The highest BCUT2D eigenvalue weighted by molar-refractivity contribution is 7.54. The summed E-state index contributed by atoms with van der Waals surface area (Å²) in [5.74, 6) is -1.79. The second-order valence-electron chi connectivity index (χ2n) is 4.72. The van der Waals surface area contributed by atoms with Gasteiger partial charge in [-0.3, -0.25) is 24.2 Å². The smallest absolute Gasteiger partial charge is 0.338 e. The Morgan fingerprint density at radius 2 is 1.95 bits per heavy atom. The Hall–Kier alpha value is -1.28. The van der Waals surface area contributed by atoms with Gasteiger partial charge in [0, 0.05) is 6.54 Å². The van der Waals surface area contributed by atoms with Crippen LogP contribution in [0.1, 0.15) is 26.7 Å². The van der Waals surface area contributed by atoms with Crippen molar-refractivity contribution in [2.24, 2.45) is 0 Å². The van der Waals surface area contributed by atoms with Crippen LogP contribution in [0.5, 0.6) is 0 Å². The molecule has 126 valence electrons. The number of carbonyl (C=O) groups is 3. The summed E-state index contributed by atoms with van der Waals surface area (Å²) in [4.78, 5) is 34.7. The number of nitrogens with one attached hydrogen (secondary N) is 1. The van der Waals surface area contributed by atoms with Gasteiger partial charge in [-0.05, 0) is 13.8 Å². The van der Waals surface area contributed by atoms with Crippen molar-refractivity contribution in [3.8, 4) is 0 Å². The molecule has 0 aliphatic carbocycles. The minimum absolute atomic E-state index is 0.0210. The average molecular weight is 336 g/mol. The van der Waals surface area contributed by atoms with Gasteiger partial charge in [0.25, 0.3) is 5.91 Å². The summed E-state index contributed by atoms with van der Waals surface area (Å²) in [5.41, 5.74) is 0. The van der Waals surface area contributed by atoms with E-state index in [1.54, 1.807) is 13.8 Å². The maximum absolute atomic E-state index is 12.2. The molecule has 1 unspecified atom stereocenters. The first-order valence-electron chi connectivity index (χ1n) is 6.98. The summed E-state index contributed by atoms with van der Waals surface area (Å²) in [6, 6.07) is -0.696. The zero-order chi connectivity index (χ0) is 16.8. The summed E-state index contributed by atoms with van der Waals surface area (Å²) in [5, 5.41) is 12.5. The van der Waals surface area contributed by atoms with E-state index in [2.05, 4.69) is 5.32 Å². The van der Waals surface area contributed by atoms with E-state index in [0.717, 1.165) is 0 Å². The monoisotopic (exact) mass is 336 g/mol. The quantitative estimate of drug-likeness (QED) is 0.269. The van der Waals surface area contributed by atoms with Crippen LogP contribution in [0, 0.1) is 0 Å². The van der Waals surface area contributed by atoms with E-state index in [1.807, 2.05) is 0 Å². The fourth-order valence-electron chi connectivity index (χ4n) is 2.01. The van der Waals surface area contributed by atoms with E-state index in [9.17, 15) is 24.2 Å². The van der Waals surface area contributed by atoms with Crippen molar-refractivity contribution in [2.45, 2.75) is 32.7 Å². The zero-order valence-corrected chi connectivity index (χ0v) is 13.5. The first kappa shape index (κ1) is 18.8. The summed E-state index contributed by atoms with van der Waals surface area (Å²) >= 11 is 0. The van der Waals surface area contributed by atoms with E-state index < -0.39 is 37.9 Å². The molecule has 0 bridgehead atoms. The molecule has 0 saturated carbocycles. The Morgan fingerprint density at radius 1 is 1.36 bits per heavy atom. The van der Waals surface area contributed by atoms with Crippen molar-refractivity contribution < 1.29 is 33.2 Å². The molecule has 1 rings (SSSR count). The number of carbonyl (C=O) groups excluding carboxylic acids is 3. The van der Waals surface area contributed by atoms with E-state index in [4.69, 9.17) is 9.05 Å². The normalized spacial score (nSPS) is 18.1. The molecule has 0 spiro atoms. The average Bonchev–Trinajstić information content (AvgIpc) is 2.84. The molecule has 0 aromatic carbocycles. The molecule has 1 saturated heterocycles.